The summed E-state index contributed by atoms with van der Waals surface area (Å²) in [5.41, 5.74) is 12.0. The zero-order valence-corrected chi connectivity index (χ0v) is 19.4. The Morgan fingerprint density at radius 2 is 1.89 bits per heavy atom. The van der Waals surface area contributed by atoms with E-state index in [1.165, 1.54) is 11.3 Å². The summed E-state index contributed by atoms with van der Waals surface area (Å²) in [4.78, 5) is 38.6. The molecule has 0 spiro atoms. The second-order valence-corrected chi connectivity index (χ2v) is 9.03. The second-order valence-electron chi connectivity index (χ2n) is 8.00. The molecule has 1 aromatic carbocycles. The third kappa shape index (κ3) is 8.79. The van der Waals surface area contributed by atoms with E-state index in [0.29, 0.717) is 24.4 Å². The number of halogens is 3. The molecular weight excluding hydrogens is 489 g/mol. The summed E-state index contributed by atoms with van der Waals surface area (Å²) in [6, 6.07) is 7.70. The summed E-state index contributed by atoms with van der Waals surface area (Å²) in [5, 5.41) is 20.6. The summed E-state index contributed by atoms with van der Waals surface area (Å²) in [6.45, 7) is 0.611. The molecule has 3 rings (SSSR count). The van der Waals surface area contributed by atoms with Gasteiger partial charge in [0.15, 0.2) is 16.8 Å². The SMILES string of the molecule is N=C(N)NCC(CCNC(=O)C1CCC(N)C1)C(=O)c1nc2ccccc2s1.O=C(O)C(F)(F)F. The second kappa shape index (κ2) is 12.4. The molecule has 1 fully saturated rings. The number of hydrogen-bond acceptors (Lipinski definition) is 7. The van der Waals surface area contributed by atoms with Crippen molar-refractivity contribution >= 4 is 45.2 Å². The molecule has 0 saturated heterocycles. The molecule has 0 bridgehead atoms. The molecule has 1 aliphatic carbocycles. The highest BCUT2D eigenvalue weighted by atomic mass is 32.1. The van der Waals surface area contributed by atoms with E-state index < -0.39 is 18.1 Å². The van der Waals surface area contributed by atoms with Crippen molar-refractivity contribution in [2.45, 2.75) is 37.9 Å². The number of para-hydroxylation sites is 1. The van der Waals surface area contributed by atoms with Crippen LogP contribution in [-0.4, -0.2) is 59.0 Å². The van der Waals surface area contributed by atoms with Gasteiger partial charge in [0, 0.05) is 31.0 Å². The van der Waals surface area contributed by atoms with E-state index in [0.717, 1.165) is 23.1 Å². The van der Waals surface area contributed by atoms with E-state index in [1.54, 1.807) is 0 Å². The maximum absolute atomic E-state index is 13.0. The van der Waals surface area contributed by atoms with Crippen molar-refractivity contribution < 1.29 is 32.7 Å². The van der Waals surface area contributed by atoms with Crippen molar-refractivity contribution in [3.05, 3.63) is 29.3 Å². The highest BCUT2D eigenvalue weighted by Gasteiger charge is 2.38. The lowest BCUT2D eigenvalue weighted by molar-refractivity contribution is -0.192. The average molecular weight is 517 g/mol. The first kappa shape index (κ1) is 28.0. The molecular formula is C21H27F3N6O4S. The van der Waals surface area contributed by atoms with Crippen LogP contribution in [0.1, 0.15) is 35.5 Å². The normalized spacial score (nSPS) is 18.3. The van der Waals surface area contributed by atoms with Crippen LogP contribution in [0, 0.1) is 17.2 Å². The molecule has 192 valence electrons. The monoisotopic (exact) mass is 516 g/mol. The lowest BCUT2D eigenvalue weighted by Gasteiger charge is -2.17. The number of nitrogens with zero attached hydrogens (tertiary/aromatic N) is 1. The van der Waals surface area contributed by atoms with Crippen LogP contribution < -0.4 is 22.1 Å². The quantitative estimate of drug-likeness (QED) is 0.174. The fourth-order valence-electron chi connectivity index (χ4n) is 3.48. The number of hydrogen-bond donors (Lipinski definition) is 6. The van der Waals surface area contributed by atoms with E-state index in [1.807, 2.05) is 24.3 Å². The van der Waals surface area contributed by atoms with Gasteiger partial charge in [-0.15, -0.1) is 11.3 Å². The predicted molar refractivity (Wildman–Crippen MR) is 124 cm³/mol. The van der Waals surface area contributed by atoms with E-state index in [9.17, 15) is 22.8 Å². The summed E-state index contributed by atoms with van der Waals surface area (Å²) < 4.78 is 32.7. The maximum atomic E-state index is 13.0. The number of guanidine groups is 1. The zero-order chi connectivity index (χ0) is 26.2. The van der Waals surface area contributed by atoms with Gasteiger partial charge >= 0.3 is 12.1 Å². The Hall–Kier alpha value is -3.26. The molecule has 1 heterocycles. The minimum Gasteiger partial charge on any atom is -0.475 e. The number of aliphatic carboxylic acids is 1. The van der Waals surface area contributed by atoms with Gasteiger partial charge in [0.1, 0.15) is 0 Å². The standard InChI is InChI=1S/C19H26N6O2S.C2HF3O2/c20-13-6-5-11(9-13)17(27)23-8-7-12(10-24-19(21)22)16(26)18-25-14-3-1-2-4-15(14)28-18;3-2(4,5)1(6)7/h1-4,11-13H,5-10,20H2,(H,23,27)(H4,21,22,24);(H,6,7). The number of Topliss-reactive ketones (excluding diaryl/α,β-unsaturated/α-hetero) is 1. The van der Waals surface area contributed by atoms with Crippen LogP contribution in [0.2, 0.25) is 0 Å². The molecule has 8 N–H and O–H groups in total. The van der Waals surface area contributed by atoms with Crippen molar-refractivity contribution in [3.8, 4) is 0 Å². The summed E-state index contributed by atoms with van der Waals surface area (Å²) in [6.07, 6.45) is -2.24. The fraction of sp³-hybridized carbons (Fsp3) is 0.476. The number of carboxylic acids is 1. The average Bonchev–Trinajstić information content (AvgIpc) is 3.41. The number of nitrogens with one attached hydrogen (secondary N) is 3. The van der Waals surface area contributed by atoms with Crippen LogP contribution in [0.3, 0.4) is 0 Å². The molecule has 14 heteroatoms. The Labute approximate surface area is 202 Å². The van der Waals surface area contributed by atoms with E-state index in [-0.39, 0.29) is 36.2 Å². The minimum absolute atomic E-state index is 0.00124. The van der Waals surface area contributed by atoms with Crippen LogP contribution >= 0.6 is 11.3 Å². The Kier molecular flexibility index (Phi) is 9.95. The van der Waals surface area contributed by atoms with Gasteiger partial charge in [-0.2, -0.15) is 13.2 Å². The molecule has 1 saturated carbocycles. The van der Waals surface area contributed by atoms with E-state index in [2.05, 4.69) is 15.6 Å². The maximum Gasteiger partial charge on any atom is 0.490 e. The number of amides is 1. The zero-order valence-electron chi connectivity index (χ0n) is 18.6. The number of thiazole rings is 1. The number of carboxylic acid groups (broad SMARTS) is 1. The molecule has 0 radical (unpaired) electrons. The Bertz CT molecular complexity index is 1030. The van der Waals surface area contributed by atoms with Gasteiger partial charge in [0.05, 0.1) is 10.2 Å². The molecule has 35 heavy (non-hydrogen) atoms. The van der Waals surface area contributed by atoms with Crippen LogP contribution in [0.25, 0.3) is 10.2 Å². The Morgan fingerprint density at radius 1 is 1.23 bits per heavy atom. The first-order chi connectivity index (χ1) is 16.4. The predicted octanol–water partition coefficient (Wildman–Crippen LogP) is 1.85. The third-order valence-corrected chi connectivity index (χ3v) is 6.34. The molecule has 0 aliphatic heterocycles. The van der Waals surface area contributed by atoms with Gasteiger partial charge < -0.3 is 27.2 Å². The number of nitrogens with two attached hydrogens (primary N) is 2. The number of fused-ring (bicyclic) bond motifs is 1. The summed E-state index contributed by atoms with van der Waals surface area (Å²) >= 11 is 1.35. The van der Waals surface area contributed by atoms with Gasteiger partial charge in [-0.05, 0) is 37.8 Å². The molecule has 3 atom stereocenters. The smallest absolute Gasteiger partial charge is 0.475 e. The molecule has 2 aromatic rings. The van der Waals surface area contributed by atoms with Crippen molar-refractivity contribution in [3.63, 3.8) is 0 Å². The number of ketones is 1. The van der Waals surface area contributed by atoms with Crippen LogP contribution in [-0.2, 0) is 9.59 Å². The largest absolute Gasteiger partial charge is 0.490 e. The van der Waals surface area contributed by atoms with Gasteiger partial charge in [-0.25, -0.2) is 9.78 Å². The van der Waals surface area contributed by atoms with Crippen molar-refractivity contribution in [1.82, 2.24) is 15.6 Å². The topological polar surface area (TPSA) is 184 Å². The molecule has 1 amide bonds. The number of rotatable bonds is 8. The third-order valence-electron chi connectivity index (χ3n) is 5.29. The Morgan fingerprint density at radius 3 is 2.43 bits per heavy atom. The fourth-order valence-corrected chi connectivity index (χ4v) is 4.46. The van der Waals surface area contributed by atoms with E-state index in [4.69, 9.17) is 26.8 Å². The first-order valence-electron chi connectivity index (χ1n) is 10.7. The number of benzene rings is 1. The van der Waals surface area contributed by atoms with Gasteiger partial charge in [-0.3, -0.25) is 15.0 Å². The highest BCUT2D eigenvalue weighted by Crippen LogP contribution is 2.25. The van der Waals surface area contributed by atoms with Gasteiger partial charge in [-0.1, -0.05) is 12.1 Å². The number of carbonyl (C=O) groups is 3. The van der Waals surface area contributed by atoms with Crippen LogP contribution in [0.15, 0.2) is 24.3 Å². The molecule has 10 nitrogen and oxygen atoms in total. The van der Waals surface area contributed by atoms with Crippen molar-refractivity contribution in [1.29, 1.82) is 5.41 Å². The molecule has 1 aromatic heterocycles. The lowest BCUT2D eigenvalue weighted by Crippen LogP contribution is -2.39. The molecule has 1 aliphatic rings. The minimum atomic E-state index is -5.08. The van der Waals surface area contributed by atoms with Gasteiger partial charge in [0.2, 0.25) is 5.91 Å². The summed E-state index contributed by atoms with van der Waals surface area (Å²) in [7, 11) is 0. The van der Waals surface area contributed by atoms with Crippen LogP contribution in [0.4, 0.5) is 13.2 Å². The summed E-state index contributed by atoms with van der Waals surface area (Å²) in [5.74, 6) is -3.52. The lowest BCUT2D eigenvalue weighted by atomic mass is 9.99. The van der Waals surface area contributed by atoms with Crippen LogP contribution in [0.5, 0.6) is 0 Å². The van der Waals surface area contributed by atoms with E-state index >= 15 is 0 Å². The van der Waals surface area contributed by atoms with Crippen molar-refractivity contribution in [2.24, 2.45) is 23.3 Å². The highest BCUT2D eigenvalue weighted by molar-refractivity contribution is 7.20. The number of aromatic nitrogens is 1. The van der Waals surface area contributed by atoms with Crippen molar-refractivity contribution in [2.75, 3.05) is 13.1 Å². The number of alkyl halides is 3. The molecule has 3 unspecified atom stereocenters. The number of carbonyl (C=O) groups excluding carboxylic acids is 2. The Balaban J connectivity index is 0.000000540. The van der Waals surface area contributed by atoms with Gasteiger partial charge in [0.25, 0.3) is 0 Å². The first-order valence-corrected chi connectivity index (χ1v) is 11.5.